The van der Waals surface area contributed by atoms with E-state index in [-0.39, 0.29) is 0 Å². The summed E-state index contributed by atoms with van der Waals surface area (Å²) in [7, 11) is 0. The van der Waals surface area contributed by atoms with Crippen LogP contribution < -0.4 is 5.73 Å². The molecule has 0 saturated carbocycles. The minimum Gasteiger partial charge on any atom is -0.383 e. The fourth-order valence-corrected chi connectivity index (χ4v) is 2.22. The largest absolute Gasteiger partial charge is 0.383 e. The van der Waals surface area contributed by atoms with Crippen LogP contribution in [-0.2, 0) is 6.54 Å². The SMILES string of the molecule is CC(C)c1ccc(Cn2ncc(SC#N)c2N)cc1. The molecule has 0 amide bonds. The summed E-state index contributed by atoms with van der Waals surface area (Å²) in [4.78, 5) is 0.710. The van der Waals surface area contributed by atoms with E-state index < -0.39 is 0 Å². The predicted molar refractivity (Wildman–Crippen MR) is 77.7 cm³/mol. The lowest BCUT2D eigenvalue weighted by Gasteiger charge is -2.08. The number of anilines is 1. The van der Waals surface area contributed by atoms with Crippen LogP contribution in [0.2, 0.25) is 0 Å². The Morgan fingerprint density at radius 3 is 2.63 bits per heavy atom. The summed E-state index contributed by atoms with van der Waals surface area (Å²) in [6.45, 7) is 4.97. The molecule has 0 aliphatic rings. The molecular weight excluding hydrogens is 256 g/mol. The topological polar surface area (TPSA) is 67.6 Å². The quantitative estimate of drug-likeness (QED) is 0.685. The summed E-state index contributed by atoms with van der Waals surface area (Å²) in [6, 6.07) is 8.44. The third-order valence-electron chi connectivity index (χ3n) is 2.98. The summed E-state index contributed by atoms with van der Waals surface area (Å²) in [6.07, 6.45) is 1.63. The number of hydrogen-bond donors (Lipinski definition) is 1. The van der Waals surface area contributed by atoms with Crippen LogP contribution in [0.15, 0.2) is 35.4 Å². The van der Waals surface area contributed by atoms with Gasteiger partial charge in [0.1, 0.15) is 11.2 Å². The fraction of sp³-hybridized carbons (Fsp3) is 0.286. The van der Waals surface area contributed by atoms with E-state index >= 15 is 0 Å². The van der Waals surface area contributed by atoms with Crippen molar-refractivity contribution in [2.45, 2.75) is 31.2 Å². The molecule has 2 rings (SSSR count). The van der Waals surface area contributed by atoms with E-state index in [9.17, 15) is 0 Å². The Bertz CT molecular complexity index is 593. The smallest absolute Gasteiger partial charge is 0.138 e. The van der Waals surface area contributed by atoms with Gasteiger partial charge >= 0.3 is 0 Å². The summed E-state index contributed by atoms with van der Waals surface area (Å²) >= 11 is 1.04. The van der Waals surface area contributed by atoms with E-state index in [4.69, 9.17) is 11.0 Å². The maximum atomic E-state index is 8.65. The highest BCUT2D eigenvalue weighted by Crippen LogP contribution is 2.24. The van der Waals surface area contributed by atoms with Crippen LogP contribution >= 0.6 is 11.8 Å². The number of nitrogen functional groups attached to an aromatic ring is 1. The average Bonchev–Trinajstić information content (AvgIpc) is 2.73. The van der Waals surface area contributed by atoms with Crippen LogP contribution in [0.4, 0.5) is 5.82 Å². The van der Waals surface area contributed by atoms with Crippen molar-refractivity contribution in [1.29, 1.82) is 5.26 Å². The second-order valence-corrected chi connectivity index (χ2v) is 5.47. The maximum absolute atomic E-state index is 8.65. The van der Waals surface area contributed by atoms with Crippen molar-refractivity contribution in [2.24, 2.45) is 0 Å². The van der Waals surface area contributed by atoms with Gasteiger partial charge in [0.05, 0.1) is 17.6 Å². The molecule has 2 aromatic rings. The lowest BCUT2D eigenvalue weighted by Crippen LogP contribution is -2.06. The Balaban J connectivity index is 2.15. The fourth-order valence-electron chi connectivity index (χ4n) is 1.81. The van der Waals surface area contributed by atoms with Crippen molar-refractivity contribution in [2.75, 3.05) is 5.73 Å². The molecule has 2 N–H and O–H groups in total. The zero-order chi connectivity index (χ0) is 13.8. The van der Waals surface area contributed by atoms with Crippen LogP contribution in [0, 0.1) is 10.7 Å². The molecule has 0 radical (unpaired) electrons. The highest BCUT2D eigenvalue weighted by Gasteiger charge is 2.08. The third-order valence-corrected chi connectivity index (χ3v) is 3.60. The first kappa shape index (κ1) is 13.5. The van der Waals surface area contributed by atoms with Gasteiger partial charge in [0, 0.05) is 0 Å². The molecule has 0 bridgehead atoms. The summed E-state index contributed by atoms with van der Waals surface area (Å²) in [5.41, 5.74) is 8.41. The van der Waals surface area contributed by atoms with Gasteiger partial charge in [-0.25, -0.2) is 4.68 Å². The zero-order valence-electron chi connectivity index (χ0n) is 11.0. The van der Waals surface area contributed by atoms with E-state index in [1.165, 1.54) is 5.56 Å². The first-order valence-electron chi connectivity index (χ1n) is 6.08. The summed E-state index contributed by atoms with van der Waals surface area (Å²) in [5, 5.41) is 14.9. The van der Waals surface area contributed by atoms with Gasteiger partial charge < -0.3 is 5.73 Å². The molecule has 4 nitrogen and oxygen atoms in total. The Morgan fingerprint density at radius 2 is 2.05 bits per heavy atom. The monoisotopic (exact) mass is 272 g/mol. The molecule has 0 unspecified atom stereocenters. The number of nitrogens with zero attached hydrogens (tertiary/aromatic N) is 3. The Morgan fingerprint density at radius 1 is 1.37 bits per heavy atom. The Hall–Kier alpha value is -1.93. The maximum Gasteiger partial charge on any atom is 0.138 e. The first-order valence-corrected chi connectivity index (χ1v) is 6.89. The molecule has 0 fully saturated rings. The van der Waals surface area contributed by atoms with E-state index in [0.717, 1.165) is 17.3 Å². The Kier molecular flexibility index (Phi) is 4.13. The zero-order valence-corrected chi connectivity index (χ0v) is 11.8. The van der Waals surface area contributed by atoms with Crippen LogP contribution in [0.1, 0.15) is 30.9 Å². The van der Waals surface area contributed by atoms with Crippen molar-refractivity contribution in [1.82, 2.24) is 9.78 Å². The molecule has 0 aliphatic carbocycles. The number of hydrogen-bond acceptors (Lipinski definition) is 4. The number of nitrogens with two attached hydrogens (primary N) is 1. The van der Waals surface area contributed by atoms with Gasteiger partial charge in [-0.2, -0.15) is 10.4 Å². The summed E-state index contributed by atoms with van der Waals surface area (Å²) < 4.78 is 1.71. The van der Waals surface area contributed by atoms with Crippen LogP contribution in [0.25, 0.3) is 0 Å². The number of thiocyanates is 1. The highest BCUT2D eigenvalue weighted by molar-refractivity contribution is 8.03. The van der Waals surface area contributed by atoms with Gasteiger partial charge in [0.15, 0.2) is 0 Å². The van der Waals surface area contributed by atoms with Crippen LogP contribution in [0.5, 0.6) is 0 Å². The molecule has 5 heteroatoms. The predicted octanol–water partition coefficient (Wildman–Crippen LogP) is 3.21. The third kappa shape index (κ3) is 3.09. The number of nitriles is 1. The van der Waals surface area contributed by atoms with Gasteiger partial charge in [0.2, 0.25) is 0 Å². The van der Waals surface area contributed by atoms with Crippen molar-refractivity contribution >= 4 is 17.6 Å². The molecule has 19 heavy (non-hydrogen) atoms. The molecule has 0 atom stereocenters. The van der Waals surface area contributed by atoms with Crippen molar-refractivity contribution in [3.05, 3.63) is 41.6 Å². The van der Waals surface area contributed by atoms with Crippen molar-refractivity contribution in [3.63, 3.8) is 0 Å². The number of rotatable bonds is 4. The van der Waals surface area contributed by atoms with E-state index in [1.54, 1.807) is 10.9 Å². The van der Waals surface area contributed by atoms with Gasteiger partial charge in [-0.1, -0.05) is 38.1 Å². The minimum absolute atomic E-state index is 0.530. The van der Waals surface area contributed by atoms with Gasteiger partial charge in [-0.3, -0.25) is 0 Å². The second kappa shape index (κ2) is 5.81. The standard InChI is InChI=1S/C14H16N4S/c1-10(2)12-5-3-11(4-6-12)8-18-14(16)13(7-17-18)19-9-15/h3-7,10H,8,16H2,1-2H3. The van der Waals surface area contributed by atoms with E-state index in [1.807, 2.05) is 5.40 Å². The lowest BCUT2D eigenvalue weighted by molar-refractivity contribution is 0.696. The number of thioether (sulfide) groups is 1. The lowest BCUT2D eigenvalue weighted by atomic mass is 10.0. The van der Waals surface area contributed by atoms with Crippen molar-refractivity contribution in [3.8, 4) is 5.40 Å². The molecular formula is C14H16N4S. The first-order chi connectivity index (χ1) is 9.11. The molecule has 0 spiro atoms. The molecule has 0 saturated heterocycles. The number of benzene rings is 1. The molecule has 98 valence electrons. The van der Waals surface area contributed by atoms with Crippen LogP contribution in [0.3, 0.4) is 0 Å². The second-order valence-electron chi connectivity index (χ2n) is 4.64. The summed E-state index contributed by atoms with van der Waals surface area (Å²) in [5.74, 6) is 1.07. The van der Waals surface area contributed by atoms with E-state index in [0.29, 0.717) is 23.2 Å². The van der Waals surface area contributed by atoms with Gasteiger partial charge in [-0.05, 0) is 28.8 Å². The van der Waals surface area contributed by atoms with Crippen LogP contribution in [-0.4, -0.2) is 9.78 Å². The molecule has 0 aliphatic heterocycles. The van der Waals surface area contributed by atoms with Gasteiger partial charge in [-0.15, -0.1) is 0 Å². The van der Waals surface area contributed by atoms with Gasteiger partial charge in [0.25, 0.3) is 0 Å². The number of aromatic nitrogens is 2. The molecule has 1 aromatic carbocycles. The van der Waals surface area contributed by atoms with Crippen molar-refractivity contribution < 1.29 is 0 Å². The molecule has 1 heterocycles. The minimum atomic E-state index is 0.530. The normalized spacial score (nSPS) is 10.6. The average molecular weight is 272 g/mol. The van der Waals surface area contributed by atoms with E-state index in [2.05, 4.69) is 43.2 Å². The molecule has 1 aromatic heterocycles. The Labute approximate surface area is 117 Å². The highest BCUT2D eigenvalue weighted by atomic mass is 32.2.